The summed E-state index contributed by atoms with van der Waals surface area (Å²) < 4.78 is 42.9. The van der Waals surface area contributed by atoms with Crippen molar-refractivity contribution in [1.29, 1.82) is 0 Å². The molecule has 128 valence electrons. The van der Waals surface area contributed by atoms with Gasteiger partial charge >= 0.3 is 0 Å². The minimum atomic E-state index is -3.53. The van der Waals surface area contributed by atoms with Gasteiger partial charge in [0.05, 0.1) is 22.8 Å². The molecule has 1 aliphatic carbocycles. The van der Waals surface area contributed by atoms with Crippen molar-refractivity contribution in [3.63, 3.8) is 0 Å². The van der Waals surface area contributed by atoms with Gasteiger partial charge in [-0.2, -0.15) is 0 Å². The Morgan fingerprint density at radius 1 is 1.33 bits per heavy atom. The van der Waals surface area contributed by atoms with Gasteiger partial charge in [-0.15, -0.1) is 0 Å². The van der Waals surface area contributed by atoms with E-state index in [1.165, 1.54) is 12.3 Å². The van der Waals surface area contributed by atoms with Crippen molar-refractivity contribution in [3.8, 4) is 0 Å². The van der Waals surface area contributed by atoms with E-state index in [9.17, 15) is 17.6 Å². The summed E-state index contributed by atoms with van der Waals surface area (Å²) >= 11 is 0. The lowest BCUT2D eigenvalue weighted by Crippen LogP contribution is -2.36. The number of hydrogen-bond acceptors (Lipinski definition) is 4. The number of nitrogens with zero attached hydrogens (tertiary/aromatic N) is 1. The number of furan rings is 1. The molecule has 1 atom stereocenters. The molecule has 0 radical (unpaired) electrons. The van der Waals surface area contributed by atoms with Gasteiger partial charge in [-0.3, -0.25) is 4.79 Å². The monoisotopic (exact) mass is 351 g/mol. The van der Waals surface area contributed by atoms with Gasteiger partial charge in [0.25, 0.3) is 5.91 Å². The molecule has 1 heterocycles. The predicted molar refractivity (Wildman–Crippen MR) is 85.8 cm³/mol. The number of carbonyl (C=O) groups excluding carboxylic acids is 1. The first-order chi connectivity index (χ1) is 11.3. The smallest absolute Gasteiger partial charge is 0.257 e. The van der Waals surface area contributed by atoms with Crippen molar-refractivity contribution < 1.29 is 22.0 Å². The molecule has 1 unspecified atom stereocenters. The Balaban J connectivity index is 1.99. The summed E-state index contributed by atoms with van der Waals surface area (Å²) in [6.07, 6.45) is 4.22. The zero-order valence-electron chi connectivity index (χ0n) is 13.4. The molecule has 1 amide bonds. The van der Waals surface area contributed by atoms with Crippen LogP contribution in [0.5, 0.6) is 0 Å². The van der Waals surface area contributed by atoms with Gasteiger partial charge in [0.1, 0.15) is 11.6 Å². The van der Waals surface area contributed by atoms with Gasteiger partial charge < -0.3 is 9.32 Å². The van der Waals surface area contributed by atoms with Crippen LogP contribution in [0.25, 0.3) is 0 Å². The number of benzene rings is 1. The van der Waals surface area contributed by atoms with E-state index in [4.69, 9.17) is 4.42 Å². The van der Waals surface area contributed by atoms with E-state index in [1.807, 2.05) is 6.92 Å². The minimum absolute atomic E-state index is 0.0129. The van der Waals surface area contributed by atoms with Crippen LogP contribution < -0.4 is 0 Å². The van der Waals surface area contributed by atoms with E-state index in [1.54, 1.807) is 17.0 Å². The predicted octanol–water partition coefficient (Wildman–Crippen LogP) is 3.19. The summed E-state index contributed by atoms with van der Waals surface area (Å²) in [5, 5.41) is 0. The maximum atomic E-state index is 14.2. The van der Waals surface area contributed by atoms with Crippen LogP contribution in [-0.4, -0.2) is 31.5 Å². The topological polar surface area (TPSA) is 67.6 Å². The number of rotatable bonds is 5. The van der Waals surface area contributed by atoms with Gasteiger partial charge in [0, 0.05) is 12.3 Å². The summed E-state index contributed by atoms with van der Waals surface area (Å²) in [5.41, 5.74) is -0.233. The molecule has 1 aromatic heterocycles. The van der Waals surface area contributed by atoms with Gasteiger partial charge in [0.2, 0.25) is 0 Å². The Morgan fingerprint density at radius 2 is 2.04 bits per heavy atom. The molecule has 1 fully saturated rings. The van der Waals surface area contributed by atoms with E-state index < -0.39 is 21.6 Å². The van der Waals surface area contributed by atoms with E-state index in [0.717, 1.165) is 31.2 Å². The van der Waals surface area contributed by atoms with Crippen LogP contribution in [0.1, 0.15) is 41.9 Å². The van der Waals surface area contributed by atoms with E-state index in [0.29, 0.717) is 5.76 Å². The summed E-state index contributed by atoms with van der Waals surface area (Å²) in [7, 11) is -3.53. The molecule has 2 aromatic rings. The van der Waals surface area contributed by atoms with Crippen molar-refractivity contribution in [2.24, 2.45) is 0 Å². The number of hydrogen-bond donors (Lipinski definition) is 0. The van der Waals surface area contributed by atoms with Crippen molar-refractivity contribution in [2.75, 3.05) is 6.26 Å². The number of halogens is 1. The van der Waals surface area contributed by atoms with Crippen molar-refractivity contribution >= 4 is 15.7 Å². The quantitative estimate of drug-likeness (QED) is 0.776. The highest BCUT2D eigenvalue weighted by Gasteiger charge is 2.38. The molecule has 5 nitrogen and oxygen atoms in total. The zero-order valence-corrected chi connectivity index (χ0v) is 14.2. The highest BCUT2D eigenvalue weighted by molar-refractivity contribution is 7.90. The van der Waals surface area contributed by atoms with E-state index in [-0.39, 0.29) is 22.5 Å². The fourth-order valence-corrected chi connectivity index (χ4v) is 3.36. The number of carbonyl (C=O) groups is 1. The Bertz CT molecular complexity index is 857. The Kier molecular flexibility index (Phi) is 4.21. The molecule has 0 N–H and O–H groups in total. The molecular weight excluding hydrogens is 333 g/mol. The number of sulfone groups is 1. The molecule has 1 saturated carbocycles. The molecule has 1 aromatic carbocycles. The van der Waals surface area contributed by atoms with Gasteiger partial charge in [-0.1, -0.05) is 0 Å². The van der Waals surface area contributed by atoms with Gasteiger partial charge in [-0.25, -0.2) is 12.8 Å². The first-order valence-electron chi connectivity index (χ1n) is 7.64. The molecule has 24 heavy (non-hydrogen) atoms. The Morgan fingerprint density at radius 3 is 2.58 bits per heavy atom. The largest absolute Gasteiger partial charge is 0.467 e. The summed E-state index contributed by atoms with van der Waals surface area (Å²) in [6, 6.07) is 6.44. The fraction of sp³-hybridized carbons (Fsp3) is 0.353. The highest BCUT2D eigenvalue weighted by atomic mass is 32.2. The van der Waals surface area contributed by atoms with Crippen LogP contribution in [-0.2, 0) is 9.84 Å². The van der Waals surface area contributed by atoms with Crippen LogP contribution in [0.2, 0.25) is 0 Å². The Hall–Kier alpha value is -2.15. The lowest BCUT2D eigenvalue weighted by Gasteiger charge is -2.28. The average molecular weight is 351 g/mol. The Labute approximate surface area is 140 Å². The standard InChI is InChI=1S/C17H18FNO4S/c1-11(16-4-3-9-23-16)19(12-5-6-12)17(20)14-10-13(24(2,21)22)7-8-15(14)18/h3-4,7-12H,5-6H2,1-2H3. The molecule has 0 bridgehead atoms. The first kappa shape index (κ1) is 16.7. The molecule has 7 heteroatoms. The first-order valence-corrected chi connectivity index (χ1v) is 9.54. The molecule has 0 saturated heterocycles. The van der Waals surface area contributed by atoms with Gasteiger partial charge in [-0.05, 0) is 50.1 Å². The van der Waals surface area contributed by atoms with Crippen molar-refractivity contribution in [3.05, 3.63) is 53.7 Å². The molecule has 3 rings (SSSR count). The van der Waals surface area contributed by atoms with Crippen LogP contribution >= 0.6 is 0 Å². The molecule has 0 spiro atoms. The highest BCUT2D eigenvalue weighted by Crippen LogP contribution is 2.36. The second-order valence-electron chi connectivity index (χ2n) is 6.05. The lowest BCUT2D eigenvalue weighted by atomic mass is 10.1. The fourth-order valence-electron chi connectivity index (χ4n) is 2.71. The van der Waals surface area contributed by atoms with Crippen molar-refractivity contribution in [2.45, 2.75) is 36.7 Å². The van der Waals surface area contributed by atoms with Gasteiger partial charge in [0.15, 0.2) is 9.84 Å². The van der Waals surface area contributed by atoms with Crippen LogP contribution in [0.4, 0.5) is 4.39 Å². The molecular formula is C17H18FNO4S. The SMILES string of the molecule is CC(c1ccco1)N(C(=O)c1cc(S(C)(=O)=O)ccc1F)C1CC1. The maximum Gasteiger partial charge on any atom is 0.257 e. The lowest BCUT2D eigenvalue weighted by molar-refractivity contribution is 0.0647. The van der Waals surface area contributed by atoms with E-state index >= 15 is 0 Å². The number of amides is 1. The third kappa shape index (κ3) is 3.21. The van der Waals surface area contributed by atoms with E-state index in [2.05, 4.69) is 0 Å². The second kappa shape index (κ2) is 6.05. The molecule has 0 aliphatic heterocycles. The minimum Gasteiger partial charge on any atom is -0.467 e. The third-order valence-corrected chi connectivity index (χ3v) is 5.25. The average Bonchev–Trinajstić information content (AvgIpc) is 3.18. The zero-order chi connectivity index (χ0) is 17.5. The molecule has 1 aliphatic rings. The summed E-state index contributed by atoms with van der Waals surface area (Å²) in [4.78, 5) is 14.4. The third-order valence-electron chi connectivity index (χ3n) is 4.14. The maximum absolute atomic E-state index is 14.2. The normalized spacial score (nSPS) is 16.0. The van der Waals surface area contributed by atoms with Crippen LogP contribution in [0.15, 0.2) is 45.9 Å². The summed E-state index contributed by atoms with van der Waals surface area (Å²) in [6.45, 7) is 1.81. The van der Waals surface area contributed by atoms with Crippen molar-refractivity contribution in [1.82, 2.24) is 4.90 Å². The van der Waals surface area contributed by atoms with Crippen LogP contribution in [0, 0.1) is 5.82 Å². The van der Waals surface area contributed by atoms with Crippen LogP contribution in [0.3, 0.4) is 0 Å². The second-order valence-corrected chi connectivity index (χ2v) is 8.06. The summed E-state index contributed by atoms with van der Waals surface area (Å²) in [5.74, 6) is -0.649.